The van der Waals surface area contributed by atoms with Crippen LogP contribution in [0.25, 0.3) is 11.1 Å². The fraction of sp³-hybridized carbons (Fsp3) is 0. The molecule has 2 aromatic carbocycles. The van der Waals surface area contributed by atoms with Crippen molar-refractivity contribution in [1.29, 1.82) is 0 Å². The first kappa shape index (κ1) is 11.3. The standard InChI is InChI=1S/C13H8F2O2/c14-10-5-6-12(15)11(7-10)8-1-3-9(4-2-8)13(16)17/h1-7H,(H,16,17)/p-1. The molecule has 0 unspecified atom stereocenters. The molecule has 0 saturated carbocycles. The van der Waals surface area contributed by atoms with Crippen molar-refractivity contribution in [2.45, 2.75) is 0 Å². The van der Waals surface area contributed by atoms with Crippen molar-refractivity contribution >= 4 is 5.97 Å². The molecule has 0 amide bonds. The number of carboxylic acid groups (broad SMARTS) is 1. The van der Waals surface area contributed by atoms with Gasteiger partial charge in [0.05, 0.1) is 5.97 Å². The molecule has 17 heavy (non-hydrogen) atoms. The van der Waals surface area contributed by atoms with Crippen molar-refractivity contribution in [2.75, 3.05) is 0 Å². The molecule has 2 aromatic rings. The molecule has 0 radical (unpaired) electrons. The summed E-state index contributed by atoms with van der Waals surface area (Å²) in [6, 6.07) is 8.49. The Balaban J connectivity index is 2.46. The third-order valence-electron chi connectivity index (χ3n) is 2.36. The SMILES string of the molecule is O=C([O-])c1ccc(-c2cc(F)ccc2F)cc1. The lowest BCUT2D eigenvalue weighted by Crippen LogP contribution is -2.21. The highest BCUT2D eigenvalue weighted by Crippen LogP contribution is 2.23. The van der Waals surface area contributed by atoms with Crippen LogP contribution in [0.3, 0.4) is 0 Å². The van der Waals surface area contributed by atoms with Gasteiger partial charge in [-0.05, 0) is 29.3 Å². The predicted molar refractivity (Wildman–Crippen MR) is 56.1 cm³/mol. The lowest BCUT2D eigenvalue weighted by molar-refractivity contribution is -0.255. The van der Waals surface area contributed by atoms with Crippen LogP contribution in [0.15, 0.2) is 42.5 Å². The number of rotatable bonds is 2. The molecule has 0 bridgehead atoms. The van der Waals surface area contributed by atoms with Crippen LogP contribution in [0.1, 0.15) is 10.4 Å². The van der Waals surface area contributed by atoms with Crippen molar-refractivity contribution in [3.05, 3.63) is 59.7 Å². The van der Waals surface area contributed by atoms with Gasteiger partial charge < -0.3 is 9.90 Å². The summed E-state index contributed by atoms with van der Waals surface area (Å²) in [6.45, 7) is 0. The molecule has 0 aliphatic rings. The third kappa shape index (κ3) is 2.30. The molecule has 0 atom stereocenters. The smallest absolute Gasteiger partial charge is 0.131 e. The first-order valence-corrected chi connectivity index (χ1v) is 4.85. The van der Waals surface area contributed by atoms with E-state index in [1.54, 1.807) is 0 Å². The van der Waals surface area contributed by atoms with Gasteiger partial charge in [-0.15, -0.1) is 0 Å². The molecule has 0 aliphatic heterocycles. The normalized spacial score (nSPS) is 10.2. The summed E-state index contributed by atoms with van der Waals surface area (Å²) in [4.78, 5) is 10.5. The van der Waals surface area contributed by atoms with Crippen molar-refractivity contribution < 1.29 is 18.7 Å². The molecular formula is C13H7F2O2-. The molecule has 0 spiro atoms. The Hall–Kier alpha value is -2.23. The Kier molecular flexibility index (Phi) is 2.87. The summed E-state index contributed by atoms with van der Waals surface area (Å²) in [7, 11) is 0. The van der Waals surface area contributed by atoms with Crippen LogP contribution >= 0.6 is 0 Å². The van der Waals surface area contributed by atoms with E-state index in [-0.39, 0.29) is 11.1 Å². The Morgan fingerprint density at radius 3 is 2.24 bits per heavy atom. The maximum Gasteiger partial charge on any atom is 0.131 e. The van der Waals surface area contributed by atoms with E-state index in [1.165, 1.54) is 24.3 Å². The maximum atomic E-state index is 13.4. The van der Waals surface area contributed by atoms with E-state index < -0.39 is 17.6 Å². The van der Waals surface area contributed by atoms with Gasteiger partial charge >= 0.3 is 0 Å². The van der Waals surface area contributed by atoms with Gasteiger partial charge in [-0.3, -0.25) is 0 Å². The van der Waals surface area contributed by atoms with Crippen LogP contribution in [-0.4, -0.2) is 5.97 Å². The van der Waals surface area contributed by atoms with Gasteiger partial charge in [-0.1, -0.05) is 24.3 Å². The van der Waals surface area contributed by atoms with Gasteiger partial charge in [0.25, 0.3) is 0 Å². The second kappa shape index (κ2) is 4.33. The first-order valence-electron chi connectivity index (χ1n) is 4.85. The maximum absolute atomic E-state index is 13.4. The number of carbonyl (C=O) groups is 1. The summed E-state index contributed by atoms with van der Waals surface area (Å²) in [5.74, 6) is -2.42. The minimum Gasteiger partial charge on any atom is -0.545 e. The average Bonchev–Trinajstić information content (AvgIpc) is 2.32. The zero-order chi connectivity index (χ0) is 12.4. The quantitative estimate of drug-likeness (QED) is 0.795. The monoisotopic (exact) mass is 233 g/mol. The number of halogens is 2. The first-order chi connectivity index (χ1) is 8.08. The number of aromatic carboxylic acids is 1. The largest absolute Gasteiger partial charge is 0.545 e. The van der Waals surface area contributed by atoms with Gasteiger partial charge in [0.15, 0.2) is 0 Å². The summed E-state index contributed by atoms with van der Waals surface area (Å²) in [6.07, 6.45) is 0. The van der Waals surface area contributed by atoms with E-state index in [0.29, 0.717) is 5.56 Å². The summed E-state index contributed by atoms with van der Waals surface area (Å²) in [5.41, 5.74) is 0.493. The molecule has 0 fully saturated rings. The molecule has 0 aromatic heterocycles. The van der Waals surface area contributed by atoms with Crippen LogP contribution in [0.5, 0.6) is 0 Å². The topological polar surface area (TPSA) is 40.1 Å². The van der Waals surface area contributed by atoms with Crippen molar-refractivity contribution in [3.8, 4) is 11.1 Å². The fourth-order valence-corrected chi connectivity index (χ4v) is 1.50. The van der Waals surface area contributed by atoms with Gasteiger partial charge in [-0.25, -0.2) is 8.78 Å². The lowest BCUT2D eigenvalue weighted by Gasteiger charge is -2.06. The van der Waals surface area contributed by atoms with Crippen molar-refractivity contribution in [2.24, 2.45) is 0 Å². The highest BCUT2D eigenvalue weighted by Gasteiger charge is 2.06. The molecule has 86 valence electrons. The van der Waals surface area contributed by atoms with E-state index in [2.05, 4.69) is 0 Å². The summed E-state index contributed by atoms with van der Waals surface area (Å²) in [5, 5.41) is 10.5. The fourth-order valence-electron chi connectivity index (χ4n) is 1.50. The van der Waals surface area contributed by atoms with E-state index in [4.69, 9.17) is 0 Å². The Morgan fingerprint density at radius 1 is 1.00 bits per heavy atom. The molecule has 2 nitrogen and oxygen atoms in total. The van der Waals surface area contributed by atoms with Crippen LogP contribution in [0.2, 0.25) is 0 Å². The highest BCUT2D eigenvalue weighted by atomic mass is 19.1. The van der Waals surface area contributed by atoms with Crippen LogP contribution in [0.4, 0.5) is 8.78 Å². The Labute approximate surface area is 96.1 Å². The van der Waals surface area contributed by atoms with Gasteiger partial charge in [0.1, 0.15) is 11.6 Å². The molecule has 2 rings (SSSR count). The van der Waals surface area contributed by atoms with E-state index >= 15 is 0 Å². The molecule has 0 heterocycles. The highest BCUT2D eigenvalue weighted by molar-refractivity contribution is 5.86. The van der Waals surface area contributed by atoms with E-state index in [1.807, 2.05) is 0 Å². The van der Waals surface area contributed by atoms with Crippen molar-refractivity contribution in [1.82, 2.24) is 0 Å². The van der Waals surface area contributed by atoms with Crippen LogP contribution in [0, 0.1) is 11.6 Å². The number of carboxylic acids is 1. The molecule has 0 N–H and O–H groups in total. The van der Waals surface area contributed by atoms with Gasteiger partial charge in [-0.2, -0.15) is 0 Å². The zero-order valence-electron chi connectivity index (χ0n) is 8.61. The average molecular weight is 233 g/mol. The minimum absolute atomic E-state index is 0.00874. The second-order valence-corrected chi connectivity index (χ2v) is 3.49. The molecular weight excluding hydrogens is 226 g/mol. The van der Waals surface area contributed by atoms with Gasteiger partial charge in [0.2, 0.25) is 0 Å². The molecule has 0 saturated heterocycles. The second-order valence-electron chi connectivity index (χ2n) is 3.49. The van der Waals surface area contributed by atoms with E-state index in [9.17, 15) is 18.7 Å². The zero-order valence-corrected chi connectivity index (χ0v) is 8.61. The number of hydrogen-bond donors (Lipinski definition) is 0. The predicted octanol–water partition coefficient (Wildman–Crippen LogP) is 2.00. The number of benzene rings is 2. The van der Waals surface area contributed by atoms with Crippen LogP contribution < -0.4 is 5.11 Å². The summed E-state index contributed by atoms with van der Waals surface area (Å²) < 4.78 is 26.4. The number of hydrogen-bond acceptors (Lipinski definition) is 2. The van der Waals surface area contributed by atoms with E-state index in [0.717, 1.165) is 18.2 Å². The third-order valence-corrected chi connectivity index (χ3v) is 2.36. The summed E-state index contributed by atoms with van der Waals surface area (Å²) >= 11 is 0. The van der Waals surface area contributed by atoms with Crippen LogP contribution in [-0.2, 0) is 0 Å². The Bertz CT molecular complexity index is 562. The lowest BCUT2D eigenvalue weighted by atomic mass is 10.0. The molecule has 4 heteroatoms. The molecule has 0 aliphatic carbocycles. The Morgan fingerprint density at radius 2 is 1.65 bits per heavy atom. The minimum atomic E-state index is -1.31. The van der Waals surface area contributed by atoms with Crippen molar-refractivity contribution in [3.63, 3.8) is 0 Å². The number of carbonyl (C=O) groups excluding carboxylic acids is 1. The van der Waals surface area contributed by atoms with Gasteiger partial charge in [0, 0.05) is 5.56 Å².